The van der Waals surface area contributed by atoms with Gasteiger partial charge in [0.2, 0.25) is 5.91 Å². The summed E-state index contributed by atoms with van der Waals surface area (Å²) in [5, 5.41) is 1.56. The molecule has 0 spiro atoms. The van der Waals surface area contributed by atoms with Crippen molar-refractivity contribution in [2.24, 2.45) is 11.5 Å². The molecule has 7 heteroatoms. The summed E-state index contributed by atoms with van der Waals surface area (Å²) in [6, 6.07) is 6.59. The number of fused-ring (bicyclic) bond motifs is 1. The first kappa shape index (κ1) is 21.3. The second kappa shape index (κ2) is 10.9. The molecule has 27 heavy (non-hydrogen) atoms. The van der Waals surface area contributed by atoms with E-state index in [4.69, 9.17) is 27.8 Å². The van der Waals surface area contributed by atoms with Gasteiger partial charge in [-0.2, -0.15) is 0 Å². The number of nitrogens with two attached hydrogens (primary N) is 2. The van der Waals surface area contributed by atoms with E-state index in [0.717, 1.165) is 23.7 Å². The number of aromatic nitrogens is 1. The summed E-state index contributed by atoms with van der Waals surface area (Å²) < 4.78 is 6.32. The van der Waals surface area contributed by atoms with Gasteiger partial charge in [-0.05, 0) is 37.1 Å². The molecule has 0 radical (unpaired) electrons. The molecule has 4 rings (SSSR count). The van der Waals surface area contributed by atoms with E-state index in [-0.39, 0.29) is 12.0 Å². The highest BCUT2D eigenvalue weighted by molar-refractivity contribution is 6.31. The van der Waals surface area contributed by atoms with Gasteiger partial charge in [0, 0.05) is 23.2 Å². The zero-order valence-corrected chi connectivity index (χ0v) is 16.3. The Morgan fingerprint density at radius 3 is 2.07 bits per heavy atom. The summed E-state index contributed by atoms with van der Waals surface area (Å²) in [4.78, 5) is 21.2. The minimum atomic E-state index is -0.489. The second-order valence-electron chi connectivity index (χ2n) is 6.75. The van der Waals surface area contributed by atoms with Crippen molar-refractivity contribution in [2.45, 2.75) is 57.5 Å². The van der Waals surface area contributed by atoms with Gasteiger partial charge in [0.25, 0.3) is 0 Å². The number of carbonyl (C=O) groups excluding carboxylic acids is 2. The van der Waals surface area contributed by atoms with Gasteiger partial charge in [-0.1, -0.05) is 50.1 Å². The Morgan fingerprint density at radius 1 is 1.00 bits per heavy atom. The largest absolute Gasteiger partial charge is 0.368 e. The number of hydrogen-bond acceptors (Lipinski definition) is 3. The summed E-state index contributed by atoms with van der Waals surface area (Å²) in [6.45, 7) is 0.688. The van der Waals surface area contributed by atoms with Crippen molar-refractivity contribution < 1.29 is 14.3 Å². The van der Waals surface area contributed by atoms with Crippen LogP contribution in [0.25, 0.3) is 10.9 Å². The maximum Gasteiger partial charge on any atom is 0.323 e. The summed E-state index contributed by atoms with van der Waals surface area (Å²) in [7, 11) is 0. The normalized spacial score (nSPS) is 18.8. The maximum absolute atomic E-state index is 10.9. The van der Waals surface area contributed by atoms with Crippen LogP contribution in [0.2, 0.25) is 5.02 Å². The van der Waals surface area contributed by atoms with E-state index in [1.165, 1.54) is 43.1 Å². The number of hydrogen-bond donors (Lipinski definition) is 2. The summed E-state index contributed by atoms with van der Waals surface area (Å²) in [6.07, 6.45) is 12.1. The third kappa shape index (κ3) is 6.88. The third-order valence-electron chi connectivity index (χ3n) is 4.64. The number of amides is 2. The molecule has 1 aromatic carbocycles. The van der Waals surface area contributed by atoms with Crippen LogP contribution in [0, 0.1) is 0 Å². The Bertz CT molecular complexity index is 739. The van der Waals surface area contributed by atoms with Crippen LogP contribution in [0.5, 0.6) is 0 Å². The van der Waals surface area contributed by atoms with Crippen LogP contribution >= 0.6 is 11.6 Å². The van der Waals surface area contributed by atoms with Crippen molar-refractivity contribution in [1.82, 2.24) is 4.57 Å². The number of halogens is 1. The Labute approximate surface area is 164 Å². The van der Waals surface area contributed by atoms with Gasteiger partial charge in [-0.15, -0.1) is 0 Å². The SMILES string of the molecule is C1CCCCC1.NC(=O)[C@@H]1CCCO1.NC(=O)n1ccc2cc(Cl)ccc21. The van der Waals surface area contributed by atoms with Crippen molar-refractivity contribution in [3.05, 3.63) is 35.5 Å². The van der Waals surface area contributed by atoms with Crippen molar-refractivity contribution in [3.8, 4) is 0 Å². The highest BCUT2D eigenvalue weighted by Gasteiger charge is 2.20. The molecule has 1 aliphatic heterocycles. The minimum Gasteiger partial charge on any atom is -0.368 e. The van der Waals surface area contributed by atoms with Crippen LogP contribution in [0.4, 0.5) is 4.79 Å². The van der Waals surface area contributed by atoms with Crippen LogP contribution in [0.3, 0.4) is 0 Å². The highest BCUT2D eigenvalue weighted by Crippen LogP contribution is 2.20. The van der Waals surface area contributed by atoms with Crippen LogP contribution in [-0.2, 0) is 9.53 Å². The third-order valence-corrected chi connectivity index (χ3v) is 4.87. The quantitative estimate of drug-likeness (QED) is 0.758. The fourth-order valence-electron chi connectivity index (χ4n) is 3.17. The Balaban J connectivity index is 0.000000159. The van der Waals surface area contributed by atoms with Crippen molar-refractivity contribution >= 4 is 34.4 Å². The van der Waals surface area contributed by atoms with Crippen LogP contribution in [-0.4, -0.2) is 29.2 Å². The molecule has 1 atom stereocenters. The molecule has 6 nitrogen and oxygen atoms in total. The van der Waals surface area contributed by atoms with Gasteiger partial charge in [0.05, 0.1) is 5.52 Å². The lowest BCUT2D eigenvalue weighted by molar-refractivity contribution is -0.126. The van der Waals surface area contributed by atoms with E-state index in [0.29, 0.717) is 11.6 Å². The fraction of sp³-hybridized carbons (Fsp3) is 0.500. The molecular formula is C20H28ClN3O3. The number of carbonyl (C=O) groups is 2. The molecule has 2 fully saturated rings. The molecule has 2 heterocycles. The van der Waals surface area contributed by atoms with Gasteiger partial charge in [-0.25, -0.2) is 4.79 Å². The molecule has 1 aliphatic carbocycles. The van der Waals surface area contributed by atoms with E-state index >= 15 is 0 Å². The molecule has 1 saturated carbocycles. The molecule has 148 valence electrons. The van der Waals surface area contributed by atoms with Gasteiger partial charge < -0.3 is 16.2 Å². The zero-order valence-electron chi connectivity index (χ0n) is 15.5. The standard InChI is InChI=1S/C9H7ClN2O.C6H12.C5H9NO2/c10-7-1-2-8-6(5-7)3-4-12(8)9(11)13;1-2-4-6-5-3-1;6-5(7)4-2-1-3-8-4/h1-5H,(H2,11,13);1-6H2;4H,1-3H2,(H2,6,7)/t;;4-/m..0/s1. The van der Waals surface area contributed by atoms with Crippen LogP contribution < -0.4 is 11.5 Å². The Kier molecular flexibility index (Phi) is 8.61. The molecule has 2 aromatic rings. The Hall–Kier alpha value is -2.05. The molecule has 4 N–H and O–H groups in total. The molecule has 0 unspecified atom stereocenters. The average Bonchev–Trinajstić information content (AvgIpc) is 3.34. The van der Waals surface area contributed by atoms with Gasteiger partial charge in [0.15, 0.2) is 0 Å². The van der Waals surface area contributed by atoms with E-state index in [1.54, 1.807) is 30.5 Å². The zero-order chi connectivity index (χ0) is 19.6. The number of benzene rings is 1. The number of primary amides is 2. The molecular weight excluding hydrogens is 366 g/mol. The molecule has 2 amide bonds. The first-order valence-corrected chi connectivity index (χ1v) is 9.84. The minimum absolute atomic E-state index is 0.296. The van der Waals surface area contributed by atoms with E-state index in [2.05, 4.69) is 0 Å². The first-order valence-electron chi connectivity index (χ1n) is 9.46. The lowest BCUT2D eigenvalue weighted by Gasteiger charge is -2.05. The van der Waals surface area contributed by atoms with Crippen molar-refractivity contribution in [1.29, 1.82) is 0 Å². The second-order valence-corrected chi connectivity index (χ2v) is 7.19. The topological polar surface area (TPSA) is 100 Å². The van der Waals surface area contributed by atoms with Crippen LogP contribution in [0.1, 0.15) is 51.4 Å². The number of nitrogens with zero attached hydrogens (tertiary/aromatic N) is 1. The first-order chi connectivity index (χ1) is 13.0. The lowest BCUT2D eigenvalue weighted by Crippen LogP contribution is -2.27. The average molecular weight is 394 g/mol. The Morgan fingerprint density at radius 2 is 1.63 bits per heavy atom. The van der Waals surface area contributed by atoms with Crippen LogP contribution in [0.15, 0.2) is 30.5 Å². The molecule has 2 aliphatic rings. The van der Waals surface area contributed by atoms with E-state index < -0.39 is 6.03 Å². The predicted octanol–water partition coefficient (Wildman–Crippen LogP) is 4.21. The van der Waals surface area contributed by atoms with Gasteiger partial charge in [0.1, 0.15) is 6.10 Å². The maximum atomic E-state index is 10.9. The molecule has 0 bridgehead atoms. The summed E-state index contributed by atoms with van der Waals surface area (Å²) >= 11 is 5.78. The van der Waals surface area contributed by atoms with E-state index in [1.807, 2.05) is 0 Å². The predicted molar refractivity (Wildman–Crippen MR) is 108 cm³/mol. The molecule has 1 saturated heterocycles. The highest BCUT2D eigenvalue weighted by atomic mass is 35.5. The summed E-state index contributed by atoms with van der Waals surface area (Å²) in [5.74, 6) is -0.331. The summed E-state index contributed by atoms with van der Waals surface area (Å²) in [5.41, 5.74) is 10.9. The van der Waals surface area contributed by atoms with Crippen molar-refractivity contribution in [3.63, 3.8) is 0 Å². The monoisotopic (exact) mass is 393 g/mol. The fourth-order valence-corrected chi connectivity index (χ4v) is 3.35. The smallest absolute Gasteiger partial charge is 0.323 e. The van der Waals surface area contributed by atoms with E-state index in [9.17, 15) is 9.59 Å². The number of ether oxygens (including phenoxy) is 1. The number of rotatable bonds is 1. The lowest BCUT2D eigenvalue weighted by atomic mass is 10.0. The van der Waals surface area contributed by atoms with Gasteiger partial charge in [-0.3, -0.25) is 9.36 Å². The molecule has 1 aromatic heterocycles. The van der Waals surface area contributed by atoms with Gasteiger partial charge >= 0.3 is 6.03 Å². The van der Waals surface area contributed by atoms with Crippen molar-refractivity contribution in [2.75, 3.05) is 6.61 Å².